The molecule has 3 N–H and O–H groups in total. The van der Waals surface area contributed by atoms with Crippen LogP contribution in [0.25, 0.3) is 0 Å². The van der Waals surface area contributed by atoms with E-state index in [9.17, 15) is 9.59 Å². The topological polar surface area (TPSA) is 120 Å². The molecule has 0 unspecified atom stereocenters. The normalized spacial score (nSPS) is 11.0. The van der Waals surface area contributed by atoms with Gasteiger partial charge in [-0.15, -0.1) is 0 Å². The molecular formula is C18H25N5O4S. The molecule has 0 fully saturated rings. The third-order valence-corrected chi connectivity index (χ3v) is 4.26. The zero-order chi connectivity index (χ0) is 20.9. The smallest absolute Gasteiger partial charge is 0.410 e. The predicted octanol–water partition coefficient (Wildman–Crippen LogP) is 2.93. The molecule has 2 aromatic rings. The number of nitrogens with two attached hydrogens (primary N) is 1. The van der Waals surface area contributed by atoms with Crippen LogP contribution >= 0.6 is 11.5 Å². The van der Waals surface area contributed by atoms with E-state index in [4.69, 9.17) is 15.2 Å². The summed E-state index contributed by atoms with van der Waals surface area (Å²) in [5.74, 6) is 0.0432. The van der Waals surface area contributed by atoms with Gasteiger partial charge in [0.25, 0.3) is 5.91 Å². The Kier molecular flexibility index (Phi) is 6.79. The van der Waals surface area contributed by atoms with Gasteiger partial charge in [-0.2, -0.15) is 4.37 Å². The molecule has 0 aliphatic rings. The van der Waals surface area contributed by atoms with E-state index in [1.807, 2.05) is 20.8 Å². The van der Waals surface area contributed by atoms with Crippen molar-refractivity contribution in [2.45, 2.75) is 33.3 Å². The molecule has 0 saturated carbocycles. The van der Waals surface area contributed by atoms with Gasteiger partial charge in [-0.1, -0.05) is 0 Å². The van der Waals surface area contributed by atoms with E-state index in [1.165, 1.54) is 11.1 Å². The molecule has 0 aromatic carbocycles. The minimum Gasteiger partial charge on any atom is -0.476 e. The van der Waals surface area contributed by atoms with Crippen molar-refractivity contribution in [1.29, 1.82) is 0 Å². The van der Waals surface area contributed by atoms with Crippen molar-refractivity contribution in [2.24, 2.45) is 0 Å². The van der Waals surface area contributed by atoms with Gasteiger partial charge in [0.1, 0.15) is 17.2 Å². The number of aromatic nitrogens is 2. The number of carbonyl (C=O) groups excluding carboxylic acids is 2. The fourth-order valence-corrected chi connectivity index (χ4v) is 2.77. The van der Waals surface area contributed by atoms with Crippen LogP contribution in [0.5, 0.6) is 5.88 Å². The first-order valence-corrected chi connectivity index (χ1v) is 9.40. The summed E-state index contributed by atoms with van der Waals surface area (Å²) in [5.41, 5.74) is 6.70. The van der Waals surface area contributed by atoms with E-state index in [1.54, 1.807) is 26.1 Å². The van der Waals surface area contributed by atoms with Crippen molar-refractivity contribution in [2.75, 3.05) is 31.2 Å². The molecule has 0 bridgehead atoms. The van der Waals surface area contributed by atoms with Crippen LogP contribution in [0.4, 0.5) is 15.5 Å². The van der Waals surface area contributed by atoms with Gasteiger partial charge in [-0.25, -0.2) is 9.78 Å². The number of ether oxygens (including phenoxy) is 2. The SMILES string of the molecule is Cc1nsc(N)c1C(=O)Nc1ccc(OCCN(C)C(=O)OC(C)(C)C)nc1. The molecule has 2 aromatic heterocycles. The van der Waals surface area contributed by atoms with Gasteiger partial charge in [0.15, 0.2) is 0 Å². The standard InChI is InChI=1S/C18H25N5O4S/c1-11-14(15(19)28-22-11)16(24)21-12-6-7-13(20-10-12)26-9-8-23(5)17(25)27-18(2,3)4/h6-7,10H,8-9,19H2,1-5H3,(H,21,24). The van der Waals surface area contributed by atoms with Crippen molar-refractivity contribution in [1.82, 2.24) is 14.3 Å². The van der Waals surface area contributed by atoms with Crippen molar-refractivity contribution in [3.63, 3.8) is 0 Å². The highest BCUT2D eigenvalue weighted by Gasteiger charge is 2.19. The number of likely N-dealkylation sites (N-methyl/N-ethyl adjacent to an activating group) is 1. The lowest BCUT2D eigenvalue weighted by molar-refractivity contribution is 0.0277. The number of hydrogen-bond acceptors (Lipinski definition) is 8. The highest BCUT2D eigenvalue weighted by molar-refractivity contribution is 7.10. The Morgan fingerprint density at radius 2 is 2.04 bits per heavy atom. The Labute approximate surface area is 168 Å². The van der Waals surface area contributed by atoms with Crippen LogP contribution in [0.1, 0.15) is 36.8 Å². The third-order valence-electron chi connectivity index (χ3n) is 3.49. The fraction of sp³-hybridized carbons (Fsp3) is 0.444. The van der Waals surface area contributed by atoms with Crippen LogP contribution in [0, 0.1) is 6.92 Å². The summed E-state index contributed by atoms with van der Waals surface area (Å²) in [6, 6.07) is 3.30. The number of carbonyl (C=O) groups is 2. The minimum atomic E-state index is -0.545. The third kappa shape index (κ3) is 6.08. The first-order valence-electron chi connectivity index (χ1n) is 8.63. The monoisotopic (exact) mass is 407 g/mol. The largest absolute Gasteiger partial charge is 0.476 e. The lowest BCUT2D eigenvalue weighted by Crippen LogP contribution is -2.36. The molecule has 0 saturated heterocycles. The van der Waals surface area contributed by atoms with Crippen molar-refractivity contribution in [3.05, 3.63) is 29.6 Å². The number of pyridine rings is 1. The predicted molar refractivity (Wildman–Crippen MR) is 108 cm³/mol. The highest BCUT2D eigenvalue weighted by atomic mass is 32.1. The van der Waals surface area contributed by atoms with E-state index in [-0.39, 0.29) is 12.5 Å². The van der Waals surface area contributed by atoms with E-state index in [0.29, 0.717) is 34.4 Å². The van der Waals surface area contributed by atoms with E-state index < -0.39 is 11.7 Å². The summed E-state index contributed by atoms with van der Waals surface area (Å²) in [4.78, 5) is 29.7. The first-order chi connectivity index (χ1) is 13.1. The average molecular weight is 407 g/mol. The molecule has 0 aliphatic heterocycles. The Hall–Kier alpha value is -2.88. The molecule has 2 rings (SSSR count). The lowest BCUT2D eigenvalue weighted by Gasteiger charge is -2.24. The maximum absolute atomic E-state index is 12.3. The van der Waals surface area contributed by atoms with E-state index in [2.05, 4.69) is 14.7 Å². The Bertz CT molecular complexity index is 810. The van der Waals surface area contributed by atoms with Crippen LogP contribution in [-0.4, -0.2) is 52.1 Å². The molecule has 10 heteroatoms. The second-order valence-corrected chi connectivity index (χ2v) is 7.90. The summed E-state index contributed by atoms with van der Waals surface area (Å²) >= 11 is 1.08. The second-order valence-electron chi connectivity index (χ2n) is 7.10. The van der Waals surface area contributed by atoms with Crippen LogP contribution in [0.2, 0.25) is 0 Å². The number of anilines is 2. The molecule has 2 amide bonds. The molecule has 0 radical (unpaired) electrons. The van der Waals surface area contributed by atoms with E-state index in [0.717, 1.165) is 11.5 Å². The Balaban J connectivity index is 1.83. The molecule has 0 aliphatic carbocycles. The van der Waals surface area contributed by atoms with Gasteiger partial charge in [-0.3, -0.25) is 4.79 Å². The van der Waals surface area contributed by atoms with Gasteiger partial charge >= 0.3 is 6.09 Å². The first kappa shape index (κ1) is 21.4. The zero-order valence-corrected chi connectivity index (χ0v) is 17.4. The fourth-order valence-electron chi connectivity index (χ4n) is 2.11. The maximum Gasteiger partial charge on any atom is 0.410 e. The van der Waals surface area contributed by atoms with E-state index >= 15 is 0 Å². The van der Waals surface area contributed by atoms with Gasteiger partial charge in [0, 0.05) is 13.1 Å². The van der Waals surface area contributed by atoms with Gasteiger partial charge in [0.05, 0.1) is 29.7 Å². The zero-order valence-electron chi connectivity index (χ0n) is 16.6. The molecule has 0 spiro atoms. The number of rotatable bonds is 6. The quantitative estimate of drug-likeness (QED) is 0.755. The number of nitrogen functional groups attached to an aromatic ring is 1. The highest BCUT2D eigenvalue weighted by Crippen LogP contribution is 2.22. The number of nitrogens with one attached hydrogen (secondary N) is 1. The summed E-state index contributed by atoms with van der Waals surface area (Å²) in [7, 11) is 1.64. The number of aryl methyl sites for hydroxylation is 1. The van der Waals surface area contributed by atoms with Crippen LogP contribution in [0.15, 0.2) is 18.3 Å². The summed E-state index contributed by atoms with van der Waals surface area (Å²) in [6.45, 7) is 7.76. The molecule has 152 valence electrons. The Morgan fingerprint density at radius 3 is 2.57 bits per heavy atom. The summed E-state index contributed by atoms with van der Waals surface area (Å²) in [6.07, 6.45) is 1.07. The molecular weight excluding hydrogens is 382 g/mol. The average Bonchev–Trinajstić information content (AvgIpc) is 2.93. The number of amides is 2. The Morgan fingerprint density at radius 1 is 1.32 bits per heavy atom. The van der Waals surface area contributed by atoms with Crippen LogP contribution in [-0.2, 0) is 4.74 Å². The molecule has 28 heavy (non-hydrogen) atoms. The van der Waals surface area contributed by atoms with Gasteiger partial charge in [-0.05, 0) is 45.3 Å². The van der Waals surface area contributed by atoms with Gasteiger partial charge < -0.3 is 25.4 Å². The summed E-state index contributed by atoms with van der Waals surface area (Å²) in [5, 5.41) is 3.10. The van der Waals surface area contributed by atoms with Crippen molar-refractivity contribution >= 4 is 34.2 Å². The second kappa shape index (κ2) is 8.87. The minimum absolute atomic E-state index is 0.255. The summed E-state index contributed by atoms with van der Waals surface area (Å²) < 4.78 is 14.8. The van der Waals surface area contributed by atoms with Crippen molar-refractivity contribution in [3.8, 4) is 5.88 Å². The number of hydrogen-bond donors (Lipinski definition) is 2. The van der Waals surface area contributed by atoms with Gasteiger partial charge in [0.2, 0.25) is 5.88 Å². The molecule has 9 nitrogen and oxygen atoms in total. The maximum atomic E-state index is 12.3. The molecule has 0 atom stereocenters. The lowest BCUT2D eigenvalue weighted by atomic mass is 10.2. The van der Waals surface area contributed by atoms with Crippen molar-refractivity contribution < 1.29 is 19.1 Å². The van der Waals surface area contributed by atoms with Crippen LogP contribution in [0.3, 0.4) is 0 Å². The van der Waals surface area contributed by atoms with Crippen LogP contribution < -0.4 is 15.8 Å². The molecule has 2 heterocycles. The number of nitrogens with zero attached hydrogens (tertiary/aromatic N) is 3.